The third-order valence-corrected chi connectivity index (χ3v) is 2.52. The minimum Gasteiger partial charge on any atom is -0.486 e. The number of hydrogen-bond donors (Lipinski definition) is 2. The van der Waals surface area contributed by atoms with Gasteiger partial charge in [-0.15, -0.1) is 0 Å². The molecule has 0 atom stereocenters. The minimum absolute atomic E-state index is 0.245. The van der Waals surface area contributed by atoms with Gasteiger partial charge in [0.1, 0.15) is 12.4 Å². The van der Waals surface area contributed by atoms with Crippen LogP contribution in [0.25, 0.3) is 0 Å². The molecule has 6 heteroatoms. The summed E-state index contributed by atoms with van der Waals surface area (Å²) in [5, 5.41) is 0. The second-order valence-corrected chi connectivity index (χ2v) is 3.86. The number of nitrogens with one attached hydrogen (secondary N) is 1. The quantitative estimate of drug-likeness (QED) is 0.484. The summed E-state index contributed by atoms with van der Waals surface area (Å²) in [6.07, 6.45) is 1.44. The van der Waals surface area contributed by atoms with Crippen molar-refractivity contribution >= 4 is 5.91 Å². The number of nitrogen functional groups attached to an aromatic ring is 1. The third kappa shape index (κ3) is 3.26. The average Bonchev–Trinajstić information content (AvgIpc) is 2.45. The largest absolute Gasteiger partial charge is 0.486 e. The number of amides is 1. The van der Waals surface area contributed by atoms with Crippen LogP contribution in [0.4, 0.5) is 0 Å². The number of aromatic nitrogens is 2. The molecule has 0 radical (unpaired) electrons. The Morgan fingerprint density at radius 2 is 2.11 bits per heavy atom. The lowest BCUT2D eigenvalue weighted by Crippen LogP contribution is -2.31. The number of hydrogen-bond acceptors (Lipinski definition) is 5. The number of aryl methyl sites for hydroxylation is 1. The van der Waals surface area contributed by atoms with Crippen LogP contribution in [0.3, 0.4) is 0 Å². The number of ether oxygens (including phenoxy) is 1. The van der Waals surface area contributed by atoms with E-state index in [1.54, 1.807) is 6.92 Å². The molecular formula is C13H14N4O2. The van der Waals surface area contributed by atoms with Gasteiger partial charge in [-0.2, -0.15) is 0 Å². The Morgan fingerprint density at radius 1 is 1.37 bits per heavy atom. The summed E-state index contributed by atoms with van der Waals surface area (Å²) in [5.41, 5.74) is 2.96. The molecule has 0 aliphatic rings. The van der Waals surface area contributed by atoms with E-state index in [-0.39, 0.29) is 6.61 Å². The summed E-state index contributed by atoms with van der Waals surface area (Å²) < 4.78 is 5.52. The van der Waals surface area contributed by atoms with Crippen LogP contribution in [-0.4, -0.2) is 15.9 Å². The van der Waals surface area contributed by atoms with Gasteiger partial charge in [-0.05, 0) is 19.1 Å². The lowest BCUT2D eigenvalue weighted by Gasteiger charge is -2.07. The van der Waals surface area contributed by atoms with Crippen molar-refractivity contribution in [2.45, 2.75) is 13.5 Å². The number of benzene rings is 1. The first-order valence-electron chi connectivity index (χ1n) is 5.72. The first kappa shape index (κ1) is 13.0. The van der Waals surface area contributed by atoms with Crippen LogP contribution in [0.2, 0.25) is 0 Å². The van der Waals surface area contributed by atoms with E-state index in [2.05, 4.69) is 9.97 Å². The number of carbonyl (C=O) groups is 1. The Morgan fingerprint density at radius 3 is 2.74 bits per heavy atom. The predicted octanol–water partition coefficient (Wildman–Crippen LogP) is 0.968. The Kier molecular flexibility index (Phi) is 4.04. The van der Waals surface area contributed by atoms with Gasteiger partial charge in [0.25, 0.3) is 5.91 Å². The molecule has 0 saturated carbocycles. The Balaban J connectivity index is 2.06. The topological polar surface area (TPSA) is 90.1 Å². The molecule has 0 unspecified atom stereocenters. The standard InChI is InChI=1S/C13H14N4O2/c1-9-11(13(18)17-14)7-15-12(16-9)8-19-10-5-3-2-4-6-10/h2-7H,8,14H2,1H3,(H,17,18). The molecule has 1 heterocycles. The first-order chi connectivity index (χ1) is 9.20. The number of hydrazine groups is 1. The van der Waals surface area contributed by atoms with Crippen LogP contribution in [0.1, 0.15) is 21.9 Å². The fraction of sp³-hybridized carbons (Fsp3) is 0.154. The molecule has 6 nitrogen and oxygen atoms in total. The van der Waals surface area contributed by atoms with Crippen molar-refractivity contribution in [2.75, 3.05) is 0 Å². The fourth-order valence-electron chi connectivity index (χ4n) is 1.55. The summed E-state index contributed by atoms with van der Waals surface area (Å²) >= 11 is 0. The maximum Gasteiger partial charge on any atom is 0.268 e. The van der Waals surface area contributed by atoms with Gasteiger partial charge >= 0.3 is 0 Å². The number of para-hydroxylation sites is 1. The highest BCUT2D eigenvalue weighted by atomic mass is 16.5. The number of rotatable bonds is 4. The van der Waals surface area contributed by atoms with Crippen LogP contribution >= 0.6 is 0 Å². The molecule has 1 aromatic heterocycles. The Labute approximate surface area is 110 Å². The number of nitrogens with two attached hydrogens (primary N) is 1. The second-order valence-electron chi connectivity index (χ2n) is 3.86. The van der Waals surface area contributed by atoms with Crippen molar-refractivity contribution in [1.82, 2.24) is 15.4 Å². The van der Waals surface area contributed by atoms with Crippen molar-refractivity contribution in [3.05, 3.63) is 53.6 Å². The molecule has 0 aliphatic carbocycles. The summed E-state index contributed by atoms with van der Waals surface area (Å²) in [7, 11) is 0. The van der Waals surface area contributed by atoms with Gasteiger partial charge in [0.05, 0.1) is 11.3 Å². The van der Waals surface area contributed by atoms with Gasteiger partial charge in [0.15, 0.2) is 5.82 Å². The Bertz CT molecular complexity index is 572. The molecule has 2 aromatic rings. The summed E-state index contributed by atoms with van der Waals surface area (Å²) in [6.45, 7) is 1.97. The maximum atomic E-state index is 11.4. The van der Waals surface area contributed by atoms with E-state index in [1.165, 1.54) is 6.20 Å². The lowest BCUT2D eigenvalue weighted by molar-refractivity contribution is 0.0952. The molecule has 1 aromatic carbocycles. The van der Waals surface area contributed by atoms with E-state index < -0.39 is 5.91 Å². The smallest absolute Gasteiger partial charge is 0.268 e. The van der Waals surface area contributed by atoms with Gasteiger partial charge in [-0.25, -0.2) is 15.8 Å². The normalized spacial score (nSPS) is 10.0. The molecule has 0 saturated heterocycles. The van der Waals surface area contributed by atoms with Gasteiger partial charge in [-0.1, -0.05) is 18.2 Å². The highest BCUT2D eigenvalue weighted by Crippen LogP contribution is 2.11. The molecule has 0 aliphatic heterocycles. The highest BCUT2D eigenvalue weighted by molar-refractivity contribution is 5.94. The summed E-state index contributed by atoms with van der Waals surface area (Å²) in [6, 6.07) is 9.38. The van der Waals surface area contributed by atoms with Gasteiger partial charge in [-0.3, -0.25) is 10.2 Å². The van der Waals surface area contributed by atoms with Crippen LogP contribution in [0.15, 0.2) is 36.5 Å². The monoisotopic (exact) mass is 258 g/mol. The first-order valence-corrected chi connectivity index (χ1v) is 5.72. The van der Waals surface area contributed by atoms with E-state index in [4.69, 9.17) is 10.6 Å². The van der Waals surface area contributed by atoms with Crippen molar-refractivity contribution in [2.24, 2.45) is 5.84 Å². The van der Waals surface area contributed by atoms with Crippen molar-refractivity contribution in [3.63, 3.8) is 0 Å². The highest BCUT2D eigenvalue weighted by Gasteiger charge is 2.10. The average molecular weight is 258 g/mol. The molecule has 1 amide bonds. The molecule has 2 rings (SSSR count). The van der Waals surface area contributed by atoms with E-state index in [9.17, 15) is 4.79 Å². The van der Waals surface area contributed by atoms with Gasteiger partial charge < -0.3 is 4.74 Å². The van der Waals surface area contributed by atoms with Crippen LogP contribution in [0, 0.1) is 6.92 Å². The van der Waals surface area contributed by atoms with Crippen molar-refractivity contribution < 1.29 is 9.53 Å². The van der Waals surface area contributed by atoms with E-state index in [1.807, 2.05) is 35.8 Å². The molecular weight excluding hydrogens is 244 g/mol. The van der Waals surface area contributed by atoms with Gasteiger partial charge in [0, 0.05) is 6.20 Å². The van der Waals surface area contributed by atoms with Crippen LogP contribution in [0.5, 0.6) is 5.75 Å². The molecule has 19 heavy (non-hydrogen) atoms. The van der Waals surface area contributed by atoms with E-state index in [0.717, 1.165) is 5.75 Å². The van der Waals surface area contributed by atoms with Crippen LogP contribution < -0.4 is 16.0 Å². The summed E-state index contributed by atoms with van der Waals surface area (Å²) in [5.74, 6) is 5.91. The fourth-order valence-corrected chi connectivity index (χ4v) is 1.55. The maximum absolute atomic E-state index is 11.4. The van der Waals surface area contributed by atoms with Crippen molar-refractivity contribution in [1.29, 1.82) is 0 Å². The van der Waals surface area contributed by atoms with E-state index in [0.29, 0.717) is 17.1 Å². The molecule has 0 bridgehead atoms. The lowest BCUT2D eigenvalue weighted by atomic mass is 10.2. The third-order valence-electron chi connectivity index (χ3n) is 2.52. The number of nitrogens with zero attached hydrogens (tertiary/aromatic N) is 2. The molecule has 0 fully saturated rings. The zero-order valence-electron chi connectivity index (χ0n) is 10.5. The molecule has 3 N–H and O–H groups in total. The SMILES string of the molecule is Cc1nc(COc2ccccc2)ncc1C(=O)NN. The van der Waals surface area contributed by atoms with Gasteiger partial charge in [0.2, 0.25) is 0 Å². The zero-order chi connectivity index (χ0) is 13.7. The van der Waals surface area contributed by atoms with Crippen LogP contribution in [-0.2, 0) is 6.61 Å². The molecule has 98 valence electrons. The molecule has 0 spiro atoms. The number of carbonyl (C=O) groups excluding carboxylic acids is 1. The zero-order valence-corrected chi connectivity index (χ0v) is 10.5. The van der Waals surface area contributed by atoms with E-state index >= 15 is 0 Å². The van der Waals surface area contributed by atoms with Crippen molar-refractivity contribution in [3.8, 4) is 5.75 Å². The minimum atomic E-state index is -0.409. The Hall–Kier alpha value is -2.47. The predicted molar refractivity (Wildman–Crippen MR) is 69.2 cm³/mol. The summed E-state index contributed by atoms with van der Waals surface area (Å²) in [4.78, 5) is 19.7. The second kappa shape index (κ2) is 5.92.